The van der Waals surface area contributed by atoms with Gasteiger partial charge in [0.2, 0.25) is 0 Å². The van der Waals surface area contributed by atoms with Crippen molar-refractivity contribution in [2.45, 2.75) is 71.8 Å². The van der Waals surface area contributed by atoms with Crippen molar-refractivity contribution in [2.75, 3.05) is 0 Å². The lowest BCUT2D eigenvalue weighted by molar-refractivity contribution is -0.160. The fourth-order valence-corrected chi connectivity index (χ4v) is 5.86. The molecule has 0 amide bonds. The number of allylic oxidation sites excluding steroid dienone is 1. The van der Waals surface area contributed by atoms with Crippen LogP contribution in [0.3, 0.4) is 0 Å². The number of hydrogen-bond acceptors (Lipinski definition) is 3. The summed E-state index contributed by atoms with van der Waals surface area (Å²) in [6.45, 7) is 10.2. The van der Waals surface area contributed by atoms with E-state index >= 15 is 0 Å². The first-order valence-electron chi connectivity index (χ1n) is 9.23. The average Bonchev–Trinajstić information content (AvgIpc) is 2.87. The van der Waals surface area contributed by atoms with Gasteiger partial charge in [0.25, 0.3) is 0 Å². The third-order valence-electron chi connectivity index (χ3n) is 7.41. The summed E-state index contributed by atoms with van der Waals surface area (Å²) >= 11 is 0. The summed E-state index contributed by atoms with van der Waals surface area (Å²) in [7, 11) is 0. The van der Waals surface area contributed by atoms with Crippen LogP contribution in [0.5, 0.6) is 0 Å². The maximum absolute atomic E-state index is 12.5. The first-order chi connectivity index (χ1) is 10.9. The second-order valence-electron chi connectivity index (χ2n) is 8.28. The lowest BCUT2D eigenvalue weighted by atomic mass is 9.50. The Hall–Kier alpha value is -1.12. The highest BCUT2D eigenvalue weighted by atomic mass is 16.5. The molecule has 0 bridgehead atoms. The Morgan fingerprint density at radius 2 is 2.00 bits per heavy atom. The quantitative estimate of drug-likeness (QED) is 0.575. The van der Waals surface area contributed by atoms with Crippen molar-refractivity contribution in [3.05, 3.63) is 12.7 Å². The zero-order valence-corrected chi connectivity index (χ0v) is 14.8. The van der Waals surface area contributed by atoms with E-state index in [0.29, 0.717) is 36.4 Å². The molecule has 3 aliphatic carbocycles. The molecule has 0 saturated heterocycles. The van der Waals surface area contributed by atoms with Gasteiger partial charge < -0.3 is 4.74 Å². The van der Waals surface area contributed by atoms with Crippen LogP contribution in [0.2, 0.25) is 0 Å². The van der Waals surface area contributed by atoms with Gasteiger partial charge >= 0.3 is 5.97 Å². The van der Waals surface area contributed by atoms with Gasteiger partial charge in [-0.05, 0) is 56.8 Å². The molecule has 0 N–H and O–H groups in total. The summed E-state index contributed by atoms with van der Waals surface area (Å²) in [4.78, 5) is 24.3. The summed E-state index contributed by atoms with van der Waals surface area (Å²) < 4.78 is 5.79. The predicted molar refractivity (Wildman–Crippen MR) is 89.8 cm³/mol. The molecule has 0 unspecified atom stereocenters. The smallest absolute Gasteiger partial charge is 0.305 e. The van der Waals surface area contributed by atoms with Gasteiger partial charge in [-0.3, -0.25) is 9.59 Å². The number of ketones is 1. The summed E-state index contributed by atoms with van der Waals surface area (Å²) in [5.74, 6) is 1.85. The molecular weight excluding hydrogens is 288 g/mol. The minimum absolute atomic E-state index is 0.0634. The van der Waals surface area contributed by atoms with Gasteiger partial charge in [-0.25, -0.2) is 0 Å². The van der Waals surface area contributed by atoms with E-state index in [1.807, 2.05) is 13.0 Å². The summed E-state index contributed by atoms with van der Waals surface area (Å²) in [5, 5.41) is 0. The van der Waals surface area contributed by atoms with Crippen molar-refractivity contribution in [2.24, 2.45) is 28.6 Å². The second kappa shape index (κ2) is 5.75. The molecule has 3 saturated carbocycles. The maximum atomic E-state index is 12.5. The molecule has 3 fully saturated rings. The largest absolute Gasteiger partial charge is 0.462 e. The van der Waals surface area contributed by atoms with E-state index in [1.165, 1.54) is 0 Å². The minimum Gasteiger partial charge on any atom is -0.462 e. The van der Waals surface area contributed by atoms with Crippen molar-refractivity contribution in [1.29, 1.82) is 0 Å². The molecule has 3 aliphatic rings. The van der Waals surface area contributed by atoms with Crippen molar-refractivity contribution >= 4 is 11.8 Å². The molecular formula is C20H30O3. The Morgan fingerprint density at radius 1 is 1.26 bits per heavy atom. The number of carbonyl (C=O) groups is 2. The summed E-state index contributed by atoms with van der Waals surface area (Å²) in [5.41, 5.74) is -0.267. The van der Waals surface area contributed by atoms with Gasteiger partial charge in [-0.15, -0.1) is 6.58 Å². The van der Waals surface area contributed by atoms with Crippen LogP contribution in [0.4, 0.5) is 0 Å². The Bertz CT molecular complexity index is 525. The number of ether oxygens (including phenoxy) is 1. The first-order valence-corrected chi connectivity index (χ1v) is 9.23. The molecule has 0 aromatic carbocycles. The van der Waals surface area contributed by atoms with Crippen LogP contribution in [0.25, 0.3) is 0 Å². The average molecular weight is 318 g/mol. The fraction of sp³-hybridized carbons (Fsp3) is 0.800. The van der Waals surface area contributed by atoms with Crippen LogP contribution in [0.15, 0.2) is 12.7 Å². The van der Waals surface area contributed by atoms with Gasteiger partial charge in [0.05, 0.1) is 0 Å². The van der Waals surface area contributed by atoms with Crippen molar-refractivity contribution in [1.82, 2.24) is 0 Å². The highest BCUT2D eigenvalue weighted by Crippen LogP contribution is 2.62. The van der Waals surface area contributed by atoms with Crippen molar-refractivity contribution in [3.8, 4) is 0 Å². The Balaban J connectivity index is 1.85. The van der Waals surface area contributed by atoms with Crippen molar-refractivity contribution in [3.63, 3.8) is 0 Å². The third kappa shape index (κ3) is 2.38. The molecule has 3 heteroatoms. The lowest BCUT2D eigenvalue weighted by Gasteiger charge is -2.54. The Kier molecular flexibility index (Phi) is 4.18. The second-order valence-corrected chi connectivity index (χ2v) is 8.28. The number of esters is 1. The van der Waals surface area contributed by atoms with Crippen LogP contribution in [0.1, 0.15) is 65.7 Å². The minimum atomic E-state index is -0.359. The molecule has 23 heavy (non-hydrogen) atoms. The maximum Gasteiger partial charge on any atom is 0.305 e. The highest BCUT2D eigenvalue weighted by molar-refractivity contribution is 5.87. The van der Waals surface area contributed by atoms with E-state index in [0.717, 1.165) is 32.1 Å². The van der Waals surface area contributed by atoms with Crippen LogP contribution >= 0.6 is 0 Å². The molecule has 0 heterocycles. The zero-order valence-electron chi connectivity index (χ0n) is 14.8. The Labute approximate surface area is 139 Å². The van der Waals surface area contributed by atoms with Gasteiger partial charge in [0, 0.05) is 23.7 Å². The standard InChI is InChI=1S/C20H30O3/c1-5-18(22)23-17-10-8-14-13-7-9-16(21)19(3,6-2)15(13)11-12-20(14,17)4/h6,13-15,17H,2,5,7-12H2,1,3-4H3/t13-,14-,15-,17-,19+,20-/m0/s1. The van der Waals surface area contributed by atoms with E-state index < -0.39 is 0 Å². The van der Waals surface area contributed by atoms with E-state index in [2.05, 4.69) is 20.4 Å². The third-order valence-corrected chi connectivity index (χ3v) is 7.41. The van der Waals surface area contributed by atoms with Gasteiger partial charge in [0.1, 0.15) is 11.9 Å². The normalized spacial score (nSPS) is 46.0. The number of fused-ring (bicyclic) bond motifs is 3. The highest BCUT2D eigenvalue weighted by Gasteiger charge is 2.59. The van der Waals surface area contributed by atoms with E-state index in [-0.39, 0.29) is 22.9 Å². The molecule has 0 aliphatic heterocycles. The first kappa shape index (κ1) is 16.7. The predicted octanol–water partition coefficient (Wildman–Crippen LogP) is 4.31. The molecule has 6 atom stereocenters. The Morgan fingerprint density at radius 3 is 2.65 bits per heavy atom. The van der Waals surface area contributed by atoms with Gasteiger partial charge in [0.15, 0.2) is 0 Å². The number of rotatable bonds is 3. The molecule has 0 spiro atoms. The molecule has 0 radical (unpaired) electrons. The number of hydrogen-bond donors (Lipinski definition) is 0. The van der Waals surface area contributed by atoms with Crippen LogP contribution < -0.4 is 0 Å². The van der Waals surface area contributed by atoms with Crippen molar-refractivity contribution < 1.29 is 14.3 Å². The summed E-state index contributed by atoms with van der Waals surface area (Å²) in [6, 6.07) is 0. The van der Waals surface area contributed by atoms with Gasteiger partial charge in [-0.2, -0.15) is 0 Å². The monoisotopic (exact) mass is 318 g/mol. The zero-order chi connectivity index (χ0) is 16.8. The van der Waals surface area contributed by atoms with E-state index in [1.54, 1.807) is 0 Å². The fourth-order valence-electron chi connectivity index (χ4n) is 5.86. The van der Waals surface area contributed by atoms with E-state index in [4.69, 9.17) is 4.74 Å². The van der Waals surface area contributed by atoms with Gasteiger partial charge in [-0.1, -0.05) is 19.9 Å². The van der Waals surface area contributed by atoms with Crippen LogP contribution in [0, 0.1) is 28.6 Å². The molecule has 128 valence electrons. The van der Waals surface area contributed by atoms with Crippen LogP contribution in [-0.2, 0) is 14.3 Å². The molecule has 3 nitrogen and oxygen atoms in total. The molecule has 0 aromatic heterocycles. The summed E-state index contributed by atoms with van der Waals surface area (Å²) in [6.07, 6.45) is 8.30. The van der Waals surface area contributed by atoms with Crippen LogP contribution in [-0.4, -0.2) is 17.9 Å². The van der Waals surface area contributed by atoms with E-state index in [9.17, 15) is 9.59 Å². The topological polar surface area (TPSA) is 43.4 Å². The molecule has 0 aromatic rings. The molecule has 3 rings (SSSR count). The number of carbonyl (C=O) groups excluding carboxylic acids is 2. The number of Topliss-reactive ketones (excluding diaryl/α,β-unsaturated/α-hetero) is 1. The lowest BCUT2D eigenvalue weighted by Crippen LogP contribution is -2.52. The SMILES string of the molecule is C=C[C@@]1(C)C(=O)CC[C@H]2[C@@H]3CC[C@H](OC(=O)CC)[C@@]3(C)CC[C@@H]21.